The summed E-state index contributed by atoms with van der Waals surface area (Å²) in [4.78, 5) is 17.5. The van der Waals surface area contributed by atoms with E-state index in [1.54, 1.807) is 0 Å². The third kappa shape index (κ3) is 4.04. The number of carbonyl (C=O) groups is 1. The van der Waals surface area contributed by atoms with Crippen LogP contribution in [-0.2, 0) is 11.2 Å². The molecule has 4 fully saturated rings. The zero-order chi connectivity index (χ0) is 17.2. The van der Waals surface area contributed by atoms with Crippen molar-refractivity contribution in [1.29, 1.82) is 0 Å². The highest BCUT2D eigenvalue weighted by Crippen LogP contribution is 2.32. The number of rotatable bonds is 5. The third-order valence-electron chi connectivity index (χ3n) is 6.24. The molecular formula is C20H28FN3O. The Labute approximate surface area is 149 Å². The van der Waals surface area contributed by atoms with Crippen LogP contribution in [0, 0.1) is 17.7 Å². The van der Waals surface area contributed by atoms with E-state index in [2.05, 4.69) is 15.1 Å². The van der Waals surface area contributed by atoms with Crippen molar-refractivity contribution in [3.8, 4) is 0 Å². The lowest BCUT2D eigenvalue weighted by Gasteiger charge is -2.44. The number of benzene rings is 1. The molecule has 2 bridgehead atoms. The Kier molecular flexibility index (Phi) is 5.04. The highest BCUT2D eigenvalue weighted by Gasteiger charge is 2.39. The summed E-state index contributed by atoms with van der Waals surface area (Å²) in [5, 5.41) is 3.31. The van der Waals surface area contributed by atoms with E-state index in [1.165, 1.54) is 43.6 Å². The van der Waals surface area contributed by atoms with Crippen molar-refractivity contribution in [2.24, 2.45) is 11.8 Å². The summed E-state index contributed by atoms with van der Waals surface area (Å²) in [5.74, 6) is 0.900. The quantitative estimate of drug-likeness (QED) is 0.885. The maximum absolute atomic E-state index is 13.0. The van der Waals surface area contributed by atoms with Crippen LogP contribution in [0.1, 0.15) is 24.8 Å². The highest BCUT2D eigenvalue weighted by molar-refractivity contribution is 5.79. The minimum atomic E-state index is -0.180. The highest BCUT2D eigenvalue weighted by atomic mass is 19.1. The molecule has 0 radical (unpaired) electrons. The number of nitrogens with one attached hydrogen (secondary N) is 1. The van der Waals surface area contributed by atoms with E-state index in [1.807, 2.05) is 12.1 Å². The molecule has 4 nitrogen and oxygen atoms in total. The molecule has 1 amide bonds. The second-order valence-corrected chi connectivity index (χ2v) is 7.92. The first-order chi connectivity index (χ1) is 12.2. The smallest absolute Gasteiger partial charge is 0.224 e. The van der Waals surface area contributed by atoms with Crippen LogP contribution < -0.4 is 5.32 Å². The van der Waals surface area contributed by atoms with Gasteiger partial charge in [-0.2, -0.15) is 0 Å². The second kappa shape index (κ2) is 7.42. The molecule has 0 spiro atoms. The molecule has 1 N–H and O–H groups in total. The van der Waals surface area contributed by atoms with Gasteiger partial charge in [0.2, 0.25) is 5.91 Å². The van der Waals surface area contributed by atoms with Crippen molar-refractivity contribution in [3.63, 3.8) is 0 Å². The predicted molar refractivity (Wildman–Crippen MR) is 95.7 cm³/mol. The van der Waals surface area contributed by atoms with Crippen molar-refractivity contribution in [1.82, 2.24) is 15.1 Å². The lowest BCUT2D eigenvalue weighted by atomic mass is 9.78. The van der Waals surface area contributed by atoms with Gasteiger partial charge in [0.05, 0.1) is 5.92 Å². The molecule has 25 heavy (non-hydrogen) atoms. The Hall–Kier alpha value is -1.46. The molecule has 4 aliphatic heterocycles. The van der Waals surface area contributed by atoms with E-state index in [0.29, 0.717) is 5.92 Å². The number of amides is 1. The van der Waals surface area contributed by atoms with Gasteiger partial charge in [0, 0.05) is 32.2 Å². The molecule has 2 unspecified atom stereocenters. The van der Waals surface area contributed by atoms with Crippen LogP contribution in [0.25, 0.3) is 0 Å². The van der Waals surface area contributed by atoms with Gasteiger partial charge in [0.1, 0.15) is 5.82 Å². The minimum Gasteiger partial charge on any atom is -0.352 e. The Bertz CT molecular complexity index is 597. The predicted octanol–water partition coefficient (Wildman–Crippen LogP) is 1.90. The fourth-order valence-corrected chi connectivity index (χ4v) is 4.66. The molecule has 0 saturated carbocycles. The molecule has 4 heterocycles. The molecule has 5 rings (SSSR count). The first-order valence-corrected chi connectivity index (χ1v) is 9.67. The summed E-state index contributed by atoms with van der Waals surface area (Å²) in [5.41, 5.74) is 1.17. The molecule has 4 aliphatic rings. The summed E-state index contributed by atoms with van der Waals surface area (Å²) in [7, 11) is 0. The molecular weight excluding hydrogens is 317 g/mol. The van der Waals surface area contributed by atoms with Crippen LogP contribution in [0.2, 0.25) is 0 Å². The fourth-order valence-electron chi connectivity index (χ4n) is 4.66. The third-order valence-corrected chi connectivity index (χ3v) is 6.24. The lowest BCUT2D eigenvalue weighted by Crippen LogP contribution is -2.54. The average Bonchev–Trinajstić information content (AvgIpc) is 3.09. The summed E-state index contributed by atoms with van der Waals surface area (Å²) in [6.45, 7) is 6.25. The van der Waals surface area contributed by atoms with Crippen LogP contribution in [-0.4, -0.2) is 61.0 Å². The van der Waals surface area contributed by atoms with E-state index in [0.717, 1.165) is 39.0 Å². The monoisotopic (exact) mass is 345 g/mol. The SMILES string of the molecule is O=C(NC1CCN(CCc2ccc(F)cc2)C1)C1CN2CCC1CC2. The normalized spacial score (nSPS) is 32.0. The number of halogens is 1. The first kappa shape index (κ1) is 17.0. The summed E-state index contributed by atoms with van der Waals surface area (Å²) >= 11 is 0. The fraction of sp³-hybridized carbons (Fsp3) is 0.650. The van der Waals surface area contributed by atoms with E-state index in [-0.39, 0.29) is 23.7 Å². The van der Waals surface area contributed by atoms with Crippen LogP contribution >= 0.6 is 0 Å². The van der Waals surface area contributed by atoms with E-state index in [4.69, 9.17) is 0 Å². The summed E-state index contributed by atoms with van der Waals surface area (Å²) in [6, 6.07) is 7.05. The van der Waals surface area contributed by atoms with Gasteiger partial charge in [0.25, 0.3) is 0 Å². The Balaban J connectivity index is 1.22. The van der Waals surface area contributed by atoms with Crippen LogP contribution in [0.5, 0.6) is 0 Å². The zero-order valence-corrected chi connectivity index (χ0v) is 14.8. The maximum atomic E-state index is 13.0. The van der Waals surface area contributed by atoms with Gasteiger partial charge in [-0.25, -0.2) is 4.39 Å². The molecule has 2 atom stereocenters. The van der Waals surface area contributed by atoms with E-state index in [9.17, 15) is 9.18 Å². The molecule has 4 saturated heterocycles. The number of hydrogen-bond donors (Lipinski definition) is 1. The Morgan fingerprint density at radius 2 is 1.84 bits per heavy atom. The maximum Gasteiger partial charge on any atom is 0.224 e. The Morgan fingerprint density at radius 1 is 1.08 bits per heavy atom. The number of likely N-dealkylation sites (tertiary alicyclic amines) is 1. The van der Waals surface area contributed by atoms with Gasteiger partial charge >= 0.3 is 0 Å². The number of hydrogen-bond acceptors (Lipinski definition) is 3. The summed E-state index contributed by atoms with van der Waals surface area (Å²) < 4.78 is 13.0. The van der Waals surface area contributed by atoms with Gasteiger partial charge in [-0.1, -0.05) is 12.1 Å². The largest absolute Gasteiger partial charge is 0.352 e. The average molecular weight is 345 g/mol. The van der Waals surface area contributed by atoms with Crippen LogP contribution in [0.4, 0.5) is 4.39 Å². The molecule has 136 valence electrons. The molecule has 1 aromatic rings. The van der Waals surface area contributed by atoms with Crippen molar-refractivity contribution < 1.29 is 9.18 Å². The topological polar surface area (TPSA) is 35.6 Å². The Morgan fingerprint density at radius 3 is 2.52 bits per heavy atom. The van der Waals surface area contributed by atoms with Crippen LogP contribution in [0.15, 0.2) is 24.3 Å². The lowest BCUT2D eigenvalue weighted by molar-refractivity contribution is -0.131. The first-order valence-electron chi connectivity index (χ1n) is 9.67. The molecule has 0 aliphatic carbocycles. The number of nitrogens with zero attached hydrogens (tertiary/aromatic N) is 2. The standard InChI is InChI=1S/C20H28FN3O/c21-17-3-1-15(2-4-17)5-9-23-12-8-18(13-23)22-20(25)19-14-24-10-6-16(19)7-11-24/h1-4,16,18-19H,5-14H2,(H,22,25). The van der Waals surface area contributed by atoms with Crippen LogP contribution in [0.3, 0.4) is 0 Å². The van der Waals surface area contributed by atoms with Crippen molar-refractivity contribution in [2.45, 2.75) is 31.7 Å². The number of fused-ring (bicyclic) bond motifs is 3. The van der Waals surface area contributed by atoms with Gasteiger partial charge in [0.15, 0.2) is 0 Å². The van der Waals surface area contributed by atoms with Gasteiger partial charge in [-0.15, -0.1) is 0 Å². The molecule has 0 aromatic heterocycles. The number of carbonyl (C=O) groups excluding carboxylic acids is 1. The van der Waals surface area contributed by atoms with E-state index >= 15 is 0 Å². The van der Waals surface area contributed by atoms with Gasteiger partial charge in [-0.05, 0) is 62.4 Å². The number of piperidine rings is 3. The molecule has 5 heteroatoms. The minimum absolute atomic E-state index is 0.180. The van der Waals surface area contributed by atoms with Crippen molar-refractivity contribution in [2.75, 3.05) is 39.3 Å². The van der Waals surface area contributed by atoms with Crippen molar-refractivity contribution >= 4 is 5.91 Å². The van der Waals surface area contributed by atoms with Gasteiger partial charge < -0.3 is 15.1 Å². The van der Waals surface area contributed by atoms with E-state index < -0.39 is 0 Å². The summed E-state index contributed by atoms with van der Waals surface area (Å²) in [6.07, 6.45) is 4.34. The second-order valence-electron chi connectivity index (χ2n) is 7.92. The zero-order valence-electron chi connectivity index (χ0n) is 14.8. The molecule has 1 aromatic carbocycles. The van der Waals surface area contributed by atoms with Gasteiger partial charge in [-0.3, -0.25) is 4.79 Å². The van der Waals surface area contributed by atoms with Crippen molar-refractivity contribution in [3.05, 3.63) is 35.6 Å².